The van der Waals surface area contributed by atoms with E-state index in [4.69, 9.17) is 15.9 Å². The lowest BCUT2D eigenvalue weighted by molar-refractivity contribution is -0.166. The summed E-state index contributed by atoms with van der Waals surface area (Å²) in [5.74, 6) is 1.86. The van der Waals surface area contributed by atoms with Crippen molar-refractivity contribution in [3.05, 3.63) is 82.9 Å². The molecular weight excluding hydrogens is 409 g/mol. The highest BCUT2D eigenvalue weighted by Crippen LogP contribution is 2.39. The standard InChI is InChI=1S/C26H28FNO4/c1-3-18-7-11-20(12-8-18)23-16-24(32-26(31-4-2)22(23)6-5-15-29)25(30)28-17-19-9-13-21(27)14-10-19/h1,7-14,16,22-23,26,29H,4-6,15,17H2,2H3,(H,28,30)/t22-,23+,26+/m0/s1. The summed E-state index contributed by atoms with van der Waals surface area (Å²) in [5.41, 5.74) is 2.54. The largest absolute Gasteiger partial charge is 0.459 e. The summed E-state index contributed by atoms with van der Waals surface area (Å²) in [7, 11) is 0. The number of amides is 1. The van der Waals surface area contributed by atoms with Gasteiger partial charge in [0.25, 0.3) is 5.91 Å². The van der Waals surface area contributed by atoms with Gasteiger partial charge < -0.3 is 19.9 Å². The SMILES string of the molecule is C#Cc1ccc([C@H]2C=C(C(=O)NCc3ccc(F)cc3)O[C@@H](OCC)[C@H]2CCCO)cc1. The third kappa shape index (κ3) is 5.97. The van der Waals surface area contributed by atoms with Crippen LogP contribution < -0.4 is 5.32 Å². The minimum atomic E-state index is -0.625. The van der Waals surface area contributed by atoms with Gasteiger partial charge in [-0.15, -0.1) is 6.42 Å². The Morgan fingerprint density at radius 1 is 1.22 bits per heavy atom. The Hall–Kier alpha value is -3.14. The Morgan fingerprint density at radius 2 is 1.94 bits per heavy atom. The van der Waals surface area contributed by atoms with Gasteiger partial charge in [-0.2, -0.15) is 0 Å². The van der Waals surface area contributed by atoms with Crippen molar-refractivity contribution in [2.45, 2.75) is 38.5 Å². The lowest BCUT2D eigenvalue weighted by atomic mass is 9.80. The number of allylic oxidation sites excluding steroid dienone is 1. The lowest BCUT2D eigenvalue weighted by Crippen LogP contribution is -2.39. The first-order valence-electron chi connectivity index (χ1n) is 10.8. The van der Waals surface area contributed by atoms with Crippen LogP contribution in [0.3, 0.4) is 0 Å². The number of aliphatic hydroxyl groups excluding tert-OH is 1. The number of halogens is 1. The Kier molecular flexibility index (Phi) is 8.43. The molecule has 0 unspecified atom stereocenters. The summed E-state index contributed by atoms with van der Waals surface area (Å²) in [5, 5.41) is 12.2. The minimum absolute atomic E-state index is 0.0623. The molecule has 6 heteroatoms. The van der Waals surface area contributed by atoms with Crippen LogP contribution in [0.5, 0.6) is 0 Å². The van der Waals surface area contributed by atoms with E-state index in [2.05, 4.69) is 11.2 Å². The molecule has 3 atom stereocenters. The summed E-state index contributed by atoms with van der Waals surface area (Å²) in [6.45, 7) is 2.60. The third-order valence-corrected chi connectivity index (χ3v) is 5.46. The van der Waals surface area contributed by atoms with E-state index in [0.717, 1.165) is 16.7 Å². The number of hydrogen-bond donors (Lipinski definition) is 2. The number of carbonyl (C=O) groups excluding carboxylic acids is 1. The second-order valence-electron chi connectivity index (χ2n) is 7.60. The maximum atomic E-state index is 13.1. The number of carbonyl (C=O) groups is 1. The minimum Gasteiger partial charge on any atom is -0.459 e. The number of rotatable bonds is 9. The smallest absolute Gasteiger partial charge is 0.286 e. The summed E-state index contributed by atoms with van der Waals surface area (Å²) in [6.07, 6.45) is 7.93. The second-order valence-corrected chi connectivity index (χ2v) is 7.60. The molecule has 0 bridgehead atoms. The molecule has 2 aromatic carbocycles. The monoisotopic (exact) mass is 437 g/mol. The maximum absolute atomic E-state index is 13.1. The van der Waals surface area contributed by atoms with E-state index in [1.807, 2.05) is 37.3 Å². The summed E-state index contributed by atoms with van der Waals surface area (Å²) in [4.78, 5) is 12.9. The van der Waals surface area contributed by atoms with Crippen LogP contribution in [0, 0.1) is 24.1 Å². The predicted molar refractivity (Wildman–Crippen MR) is 120 cm³/mol. The second kappa shape index (κ2) is 11.5. The predicted octanol–water partition coefficient (Wildman–Crippen LogP) is 3.87. The lowest BCUT2D eigenvalue weighted by Gasteiger charge is -2.37. The quantitative estimate of drug-likeness (QED) is 0.585. The molecule has 0 saturated heterocycles. The van der Waals surface area contributed by atoms with Gasteiger partial charge in [-0.1, -0.05) is 30.2 Å². The molecule has 0 fully saturated rings. The van der Waals surface area contributed by atoms with Crippen molar-refractivity contribution >= 4 is 5.91 Å². The fourth-order valence-electron chi connectivity index (χ4n) is 3.82. The molecule has 2 N–H and O–H groups in total. The number of hydrogen-bond acceptors (Lipinski definition) is 4. The number of nitrogens with one attached hydrogen (secondary N) is 1. The molecule has 0 spiro atoms. The zero-order chi connectivity index (χ0) is 22.9. The van der Waals surface area contributed by atoms with Gasteiger partial charge in [0.15, 0.2) is 5.76 Å². The topological polar surface area (TPSA) is 67.8 Å². The van der Waals surface area contributed by atoms with E-state index in [0.29, 0.717) is 19.4 Å². The number of benzene rings is 2. The maximum Gasteiger partial charge on any atom is 0.286 e. The van der Waals surface area contributed by atoms with Gasteiger partial charge in [0.05, 0.1) is 0 Å². The van der Waals surface area contributed by atoms with Crippen molar-refractivity contribution in [2.75, 3.05) is 13.2 Å². The molecule has 2 aromatic rings. The highest BCUT2D eigenvalue weighted by atomic mass is 19.1. The van der Waals surface area contributed by atoms with Crippen LogP contribution in [0.2, 0.25) is 0 Å². The zero-order valence-electron chi connectivity index (χ0n) is 18.1. The average molecular weight is 438 g/mol. The van der Waals surface area contributed by atoms with Gasteiger partial charge in [0.1, 0.15) is 5.82 Å². The van der Waals surface area contributed by atoms with Gasteiger partial charge in [0.2, 0.25) is 6.29 Å². The number of terminal acetylenes is 1. The zero-order valence-corrected chi connectivity index (χ0v) is 18.1. The molecule has 32 heavy (non-hydrogen) atoms. The first kappa shape index (κ1) is 23.5. The molecule has 0 aromatic heterocycles. The van der Waals surface area contributed by atoms with Crippen LogP contribution >= 0.6 is 0 Å². The van der Waals surface area contributed by atoms with Crippen molar-refractivity contribution in [3.8, 4) is 12.3 Å². The molecule has 0 saturated carbocycles. The molecule has 3 rings (SSSR count). The van der Waals surface area contributed by atoms with Crippen LogP contribution in [0.4, 0.5) is 4.39 Å². The Labute approximate surface area is 188 Å². The summed E-state index contributed by atoms with van der Waals surface area (Å²) < 4.78 is 24.9. The van der Waals surface area contributed by atoms with Crippen LogP contribution in [0.25, 0.3) is 0 Å². The van der Waals surface area contributed by atoms with E-state index in [1.54, 1.807) is 12.1 Å². The van der Waals surface area contributed by atoms with E-state index in [-0.39, 0.29) is 42.5 Å². The Balaban J connectivity index is 1.85. The van der Waals surface area contributed by atoms with Gasteiger partial charge in [-0.25, -0.2) is 4.39 Å². The van der Waals surface area contributed by atoms with E-state index in [1.165, 1.54) is 12.1 Å². The number of ether oxygens (including phenoxy) is 2. The van der Waals surface area contributed by atoms with E-state index in [9.17, 15) is 14.3 Å². The van der Waals surface area contributed by atoms with Crippen molar-refractivity contribution in [1.29, 1.82) is 0 Å². The molecule has 1 amide bonds. The van der Waals surface area contributed by atoms with Crippen LogP contribution in [-0.4, -0.2) is 30.5 Å². The van der Waals surface area contributed by atoms with E-state index < -0.39 is 6.29 Å². The van der Waals surface area contributed by atoms with Gasteiger partial charge in [0, 0.05) is 37.2 Å². The molecule has 1 aliphatic rings. The average Bonchev–Trinajstić information content (AvgIpc) is 2.82. The molecule has 1 aliphatic heterocycles. The molecule has 0 radical (unpaired) electrons. The van der Waals surface area contributed by atoms with Crippen LogP contribution in [0.15, 0.2) is 60.4 Å². The van der Waals surface area contributed by atoms with Crippen molar-refractivity contribution in [2.24, 2.45) is 5.92 Å². The van der Waals surface area contributed by atoms with Gasteiger partial charge in [-0.3, -0.25) is 4.79 Å². The van der Waals surface area contributed by atoms with Crippen molar-refractivity contribution in [3.63, 3.8) is 0 Å². The highest BCUT2D eigenvalue weighted by molar-refractivity contribution is 5.91. The molecule has 0 aliphatic carbocycles. The fourth-order valence-corrected chi connectivity index (χ4v) is 3.82. The van der Waals surface area contributed by atoms with Crippen LogP contribution in [-0.2, 0) is 20.8 Å². The highest BCUT2D eigenvalue weighted by Gasteiger charge is 2.37. The molecule has 168 valence electrons. The normalized spacial score (nSPS) is 20.1. The molecule has 1 heterocycles. The molecule has 5 nitrogen and oxygen atoms in total. The van der Waals surface area contributed by atoms with Gasteiger partial charge in [-0.05, 0) is 61.2 Å². The van der Waals surface area contributed by atoms with Crippen molar-refractivity contribution in [1.82, 2.24) is 5.32 Å². The first-order valence-corrected chi connectivity index (χ1v) is 10.8. The van der Waals surface area contributed by atoms with Gasteiger partial charge >= 0.3 is 0 Å². The number of aliphatic hydroxyl groups is 1. The van der Waals surface area contributed by atoms with Crippen molar-refractivity contribution < 1.29 is 23.8 Å². The summed E-state index contributed by atoms with van der Waals surface area (Å²) >= 11 is 0. The third-order valence-electron chi connectivity index (χ3n) is 5.46. The Morgan fingerprint density at radius 3 is 2.56 bits per heavy atom. The summed E-state index contributed by atoms with van der Waals surface area (Å²) in [6, 6.07) is 13.6. The van der Waals surface area contributed by atoms with Crippen LogP contribution in [0.1, 0.15) is 42.4 Å². The Bertz CT molecular complexity index is 963. The fraction of sp³-hybridized carbons (Fsp3) is 0.346. The first-order chi connectivity index (χ1) is 15.5. The van der Waals surface area contributed by atoms with E-state index >= 15 is 0 Å². The molecular formula is C26H28FNO4.